The maximum atomic E-state index is 13.1. The van der Waals surface area contributed by atoms with Crippen molar-refractivity contribution < 1.29 is 80.2 Å². The van der Waals surface area contributed by atoms with Crippen molar-refractivity contribution in [3.05, 3.63) is 134 Å². The lowest BCUT2D eigenvalue weighted by molar-refractivity contribution is -0.161. The van der Waals surface area contributed by atoms with Crippen molar-refractivity contribution in [2.75, 3.05) is 39.6 Å². The molecule has 0 heterocycles. The summed E-state index contributed by atoms with van der Waals surface area (Å²) in [7, 11) is -9.99. The van der Waals surface area contributed by atoms with Gasteiger partial charge in [-0.25, -0.2) is 9.13 Å². The van der Waals surface area contributed by atoms with E-state index in [1.165, 1.54) is 103 Å². The van der Waals surface area contributed by atoms with Crippen LogP contribution in [0.4, 0.5) is 0 Å². The van der Waals surface area contributed by atoms with Crippen LogP contribution in [-0.2, 0) is 65.4 Å². The van der Waals surface area contributed by atoms with Crippen LogP contribution in [0.15, 0.2) is 134 Å². The maximum Gasteiger partial charge on any atom is 0.472 e. The Bertz CT molecular complexity index is 2560. The second kappa shape index (κ2) is 80.3. The number of phosphoric ester groups is 2. The number of ether oxygens (including phenoxy) is 4. The Hall–Kier alpha value is -4.80. The molecule has 0 spiro atoms. The zero-order valence-corrected chi connectivity index (χ0v) is 69.8. The number of carbonyl (C=O) groups is 4. The first-order valence-corrected chi connectivity index (χ1v) is 45.4. The maximum absolute atomic E-state index is 13.1. The largest absolute Gasteiger partial charge is 0.472 e. The number of esters is 4. The lowest BCUT2D eigenvalue weighted by Crippen LogP contribution is -2.30. The van der Waals surface area contributed by atoms with E-state index in [2.05, 4.69) is 161 Å². The highest BCUT2D eigenvalue weighted by atomic mass is 31.2. The van der Waals surface area contributed by atoms with E-state index in [9.17, 15) is 43.2 Å². The Kier molecular flexibility index (Phi) is 76.7. The predicted molar refractivity (Wildman–Crippen MR) is 445 cm³/mol. The molecule has 3 N–H and O–H groups in total. The van der Waals surface area contributed by atoms with Crippen molar-refractivity contribution in [3.8, 4) is 0 Å². The summed E-state index contributed by atoms with van der Waals surface area (Å²) < 4.78 is 68.7. The van der Waals surface area contributed by atoms with Gasteiger partial charge in [0.2, 0.25) is 0 Å². The molecule has 0 aromatic heterocycles. The smallest absolute Gasteiger partial charge is 0.462 e. The predicted octanol–water partition coefficient (Wildman–Crippen LogP) is 25.2. The van der Waals surface area contributed by atoms with Crippen LogP contribution >= 0.6 is 15.6 Å². The van der Waals surface area contributed by atoms with Crippen LogP contribution in [0.5, 0.6) is 0 Å². The number of unbranched alkanes of at least 4 members (excludes halogenated alkanes) is 31. The van der Waals surface area contributed by atoms with E-state index in [0.29, 0.717) is 25.7 Å². The monoisotopic (exact) mass is 1560 g/mol. The summed E-state index contributed by atoms with van der Waals surface area (Å²) in [6, 6.07) is 0. The Balaban J connectivity index is 5.45. The summed E-state index contributed by atoms with van der Waals surface area (Å²) in [5.74, 6) is -2.24. The minimum absolute atomic E-state index is 0.0447. The van der Waals surface area contributed by atoms with Gasteiger partial charge in [-0.2, -0.15) is 0 Å². The van der Waals surface area contributed by atoms with Gasteiger partial charge >= 0.3 is 39.5 Å². The SMILES string of the molecule is CC/C=C\C/C=C\C/C=C\C/C=C\C/C=C\CCCCCC(=O)OCC(COP(=O)(O)OCC(O)COP(=O)(O)OCC(COC(=O)CCCCCCC/C=C\CCCCCCCC)OC(=O)CCCCCCCCCCCCCCCCC)OC(=O)CCCCC/C=C\C/C=C\C/C=C\C/C=C\C/C=C\CC. The quantitative estimate of drug-likeness (QED) is 0.0169. The van der Waals surface area contributed by atoms with Crippen LogP contribution in [-0.4, -0.2) is 96.7 Å². The molecule has 0 aliphatic carbocycles. The average Bonchev–Trinajstić information content (AvgIpc) is 0.896. The lowest BCUT2D eigenvalue weighted by atomic mass is 10.0. The number of allylic oxidation sites excluding steroid dienone is 22. The van der Waals surface area contributed by atoms with Gasteiger partial charge in [0.1, 0.15) is 19.3 Å². The van der Waals surface area contributed by atoms with Crippen molar-refractivity contribution in [3.63, 3.8) is 0 Å². The topological polar surface area (TPSA) is 237 Å². The average molecular weight is 1560 g/mol. The second-order valence-electron chi connectivity index (χ2n) is 28.0. The first-order valence-electron chi connectivity index (χ1n) is 42.4. The summed E-state index contributed by atoms with van der Waals surface area (Å²) in [6.07, 6.45) is 91.3. The van der Waals surface area contributed by atoms with Gasteiger partial charge in [-0.3, -0.25) is 37.3 Å². The molecule has 0 radical (unpaired) electrons. The summed E-state index contributed by atoms with van der Waals surface area (Å²) in [5, 5.41) is 10.7. The molecular formula is C89H152O17P2. The second-order valence-corrected chi connectivity index (χ2v) is 30.9. The molecule has 17 nitrogen and oxygen atoms in total. The number of phosphoric acid groups is 2. The van der Waals surface area contributed by atoms with Gasteiger partial charge in [-0.05, 0) is 141 Å². The van der Waals surface area contributed by atoms with Gasteiger partial charge in [-0.15, -0.1) is 0 Å². The molecule has 0 aromatic rings. The molecule has 0 aliphatic heterocycles. The number of carbonyl (C=O) groups excluding carboxylic acids is 4. The van der Waals surface area contributed by atoms with Crippen LogP contribution in [0.1, 0.15) is 349 Å². The molecule has 0 rings (SSSR count). The highest BCUT2D eigenvalue weighted by Crippen LogP contribution is 2.45. The number of aliphatic hydroxyl groups excluding tert-OH is 1. The van der Waals surface area contributed by atoms with Crippen LogP contribution in [0, 0.1) is 0 Å². The Morgan fingerprint density at radius 2 is 0.481 bits per heavy atom. The molecule has 0 amide bonds. The molecule has 0 saturated heterocycles. The lowest BCUT2D eigenvalue weighted by Gasteiger charge is -2.21. The van der Waals surface area contributed by atoms with Crippen molar-refractivity contribution in [2.24, 2.45) is 0 Å². The van der Waals surface area contributed by atoms with E-state index < -0.39 is 97.5 Å². The minimum atomic E-state index is -5.00. The third-order valence-electron chi connectivity index (χ3n) is 17.6. The van der Waals surface area contributed by atoms with E-state index in [1.54, 1.807) is 0 Å². The molecule has 0 bridgehead atoms. The third-order valence-corrected chi connectivity index (χ3v) is 19.5. The molecule has 0 aromatic carbocycles. The van der Waals surface area contributed by atoms with E-state index in [1.807, 2.05) is 0 Å². The first kappa shape index (κ1) is 103. The van der Waals surface area contributed by atoms with Gasteiger partial charge in [0.25, 0.3) is 0 Å². The van der Waals surface area contributed by atoms with Crippen molar-refractivity contribution in [1.29, 1.82) is 0 Å². The Morgan fingerprint density at radius 1 is 0.269 bits per heavy atom. The number of hydrogen-bond donors (Lipinski definition) is 3. The Labute approximate surface area is 656 Å². The van der Waals surface area contributed by atoms with Gasteiger partial charge in [0.15, 0.2) is 12.2 Å². The molecule has 108 heavy (non-hydrogen) atoms. The molecule has 5 unspecified atom stereocenters. The minimum Gasteiger partial charge on any atom is -0.462 e. The van der Waals surface area contributed by atoms with Crippen LogP contribution in [0.2, 0.25) is 0 Å². The summed E-state index contributed by atoms with van der Waals surface area (Å²) >= 11 is 0. The molecule has 0 fully saturated rings. The highest BCUT2D eigenvalue weighted by molar-refractivity contribution is 7.47. The standard InChI is InChI=1S/C89H152O17P2/c1-5-9-13-17-21-25-29-33-37-39-41-43-47-50-54-58-62-66-70-74-87(92)100-80-85(106-89(94)76-72-68-64-60-56-52-48-44-42-40-38-34-30-26-22-18-14-10-6-2)82-104-108(97,98)102-78-83(90)77-101-107(95,96)103-81-84(105-88(93)75-71-67-63-59-55-51-46-36-32-28-24-20-16-12-8-4)79-99-86(91)73-69-65-61-57-53-49-45-35-31-27-23-19-15-11-7-3/h9-10,13-14,21-22,25-26,33-35,37-38,41-45,50,52,54,56,83-85,90H,5-8,11-12,15-20,23-24,27-32,36,39-40,46-49,51,53,55,57-82H2,1-4H3,(H,95,96)(H,97,98)/b13-9-,14-10-,25-21-,26-22-,37-33-,38-34-,43-41-,44-42-,45-35-,54-50-,56-52-. The number of aliphatic hydroxyl groups is 1. The highest BCUT2D eigenvalue weighted by Gasteiger charge is 2.30. The molecular weight excluding hydrogens is 1400 g/mol. The van der Waals surface area contributed by atoms with Gasteiger partial charge in [0.05, 0.1) is 26.4 Å². The number of rotatable bonds is 79. The first-order chi connectivity index (χ1) is 52.7. The fourth-order valence-corrected chi connectivity index (χ4v) is 12.8. The fourth-order valence-electron chi connectivity index (χ4n) is 11.2. The van der Waals surface area contributed by atoms with E-state index in [-0.39, 0.29) is 25.7 Å². The molecule has 0 aliphatic rings. The molecule has 19 heteroatoms. The van der Waals surface area contributed by atoms with Gasteiger partial charge in [-0.1, -0.05) is 315 Å². The Morgan fingerprint density at radius 3 is 0.759 bits per heavy atom. The normalized spacial score (nSPS) is 14.5. The summed E-state index contributed by atoms with van der Waals surface area (Å²) in [6.45, 7) is 4.61. The van der Waals surface area contributed by atoms with Crippen LogP contribution in [0.3, 0.4) is 0 Å². The summed E-state index contributed by atoms with van der Waals surface area (Å²) in [5.41, 5.74) is 0. The zero-order chi connectivity index (χ0) is 78.9. The van der Waals surface area contributed by atoms with Crippen molar-refractivity contribution in [2.45, 2.75) is 367 Å². The van der Waals surface area contributed by atoms with Crippen molar-refractivity contribution in [1.82, 2.24) is 0 Å². The molecule has 5 atom stereocenters. The van der Waals surface area contributed by atoms with Crippen LogP contribution < -0.4 is 0 Å². The summed E-state index contributed by atoms with van der Waals surface area (Å²) in [4.78, 5) is 73.2. The van der Waals surface area contributed by atoms with E-state index >= 15 is 0 Å². The molecule has 620 valence electrons. The van der Waals surface area contributed by atoms with Crippen LogP contribution in [0.25, 0.3) is 0 Å². The number of hydrogen-bond acceptors (Lipinski definition) is 15. The fraction of sp³-hybridized carbons (Fsp3) is 0.708. The van der Waals surface area contributed by atoms with Crippen molar-refractivity contribution >= 4 is 39.5 Å². The van der Waals surface area contributed by atoms with Gasteiger partial charge < -0.3 is 33.8 Å². The molecule has 0 saturated carbocycles. The van der Waals surface area contributed by atoms with Gasteiger partial charge in [0, 0.05) is 25.7 Å². The third kappa shape index (κ3) is 79.3. The zero-order valence-electron chi connectivity index (χ0n) is 68.0. The van der Waals surface area contributed by atoms with E-state index in [4.69, 9.17) is 37.0 Å². The van der Waals surface area contributed by atoms with E-state index in [0.717, 1.165) is 167 Å².